The smallest absolute Gasteiger partial charge is 0.187 e. The number of aryl methyl sites for hydroxylation is 2. The highest BCUT2D eigenvalue weighted by molar-refractivity contribution is 7.15. The zero-order valence-electron chi connectivity index (χ0n) is 9.45. The van der Waals surface area contributed by atoms with Gasteiger partial charge in [-0.2, -0.15) is 0 Å². The van der Waals surface area contributed by atoms with E-state index in [4.69, 9.17) is 5.73 Å². The molecule has 1 aromatic heterocycles. The van der Waals surface area contributed by atoms with Crippen molar-refractivity contribution < 1.29 is 0 Å². The average molecular weight is 233 g/mol. The summed E-state index contributed by atoms with van der Waals surface area (Å²) in [6.45, 7) is 4.22. The van der Waals surface area contributed by atoms with Crippen molar-refractivity contribution in [2.24, 2.45) is 0 Å². The van der Waals surface area contributed by atoms with Crippen LogP contribution in [-0.2, 0) is 6.42 Å². The van der Waals surface area contributed by atoms with Crippen LogP contribution in [0.25, 0.3) is 0 Å². The van der Waals surface area contributed by atoms with Crippen molar-refractivity contribution in [3.8, 4) is 0 Å². The van der Waals surface area contributed by atoms with Crippen molar-refractivity contribution >= 4 is 27.8 Å². The van der Waals surface area contributed by atoms with Crippen LogP contribution in [0.4, 0.5) is 16.5 Å². The number of nitrogen functional groups attached to an aromatic ring is 1. The van der Waals surface area contributed by atoms with E-state index in [0.717, 1.165) is 22.9 Å². The summed E-state index contributed by atoms with van der Waals surface area (Å²) in [6, 6.07) is 7.67. The number of anilines is 3. The third kappa shape index (κ3) is 2.33. The molecule has 2 rings (SSSR count). The molecule has 2 aromatic rings. The van der Waals surface area contributed by atoms with Crippen LogP contribution < -0.4 is 11.1 Å². The van der Waals surface area contributed by atoms with Gasteiger partial charge < -0.3 is 11.1 Å². The van der Waals surface area contributed by atoms with Gasteiger partial charge in [0.2, 0.25) is 0 Å². The maximum Gasteiger partial charge on any atom is 0.187 e. The Hall–Kier alpha value is -1.55. The quantitative estimate of drug-likeness (QED) is 0.799. The van der Waals surface area contributed by atoms with E-state index in [0.29, 0.717) is 0 Å². The lowest BCUT2D eigenvalue weighted by atomic mass is 10.3. The van der Waals surface area contributed by atoms with Crippen molar-refractivity contribution in [2.45, 2.75) is 20.3 Å². The molecule has 0 bridgehead atoms. The molecule has 16 heavy (non-hydrogen) atoms. The molecular weight excluding hydrogens is 218 g/mol. The zero-order valence-corrected chi connectivity index (χ0v) is 10.3. The standard InChI is InChI=1S/C12H15N3S/c1-3-11-8(2)16-12(15-11)14-10-6-4-9(13)5-7-10/h4-7H,3,13H2,1-2H3,(H,14,15). The van der Waals surface area contributed by atoms with Gasteiger partial charge in [0.1, 0.15) is 0 Å². The van der Waals surface area contributed by atoms with Gasteiger partial charge in [0.15, 0.2) is 5.13 Å². The Labute approximate surface area is 99.3 Å². The third-order valence-electron chi connectivity index (χ3n) is 2.39. The number of nitrogens with two attached hydrogens (primary N) is 1. The zero-order chi connectivity index (χ0) is 11.5. The predicted molar refractivity (Wildman–Crippen MR) is 70.4 cm³/mol. The molecule has 0 unspecified atom stereocenters. The highest BCUT2D eigenvalue weighted by Crippen LogP contribution is 2.25. The molecule has 0 aliphatic rings. The summed E-state index contributed by atoms with van der Waals surface area (Å²) in [7, 11) is 0. The van der Waals surface area contributed by atoms with Crippen LogP contribution in [0.15, 0.2) is 24.3 Å². The van der Waals surface area contributed by atoms with Gasteiger partial charge in [0.25, 0.3) is 0 Å². The third-order valence-corrected chi connectivity index (χ3v) is 3.32. The van der Waals surface area contributed by atoms with Gasteiger partial charge in [0, 0.05) is 16.3 Å². The van der Waals surface area contributed by atoms with Crippen LogP contribution >= 0.6 is 11.3 Å². The Balaban J connectivity index is 2.17. The molecular formula is C12H15N3S. The number of thiazole rings is 1. The Bertz CT molecular complexity index is 474. The van der Waals surface area contributed by atoms with Crippen LogP contribution in [0, 0.1) is 6.92 Å². The van der Waals surface area contributed by atoms with E-state index < -0.39 is 0 Å². The molecule has 0 saturated carbocycles. The van der Waals surface area contributed by atoms with Gasteiger partial charge in [0.05, 0.1) is 5.69 Å². The lowest BCUT2D eigenvalue weighted by molar-refractivity contribution is 1.05. The highest BCUT2D eigenvalue weighted by Gasteiger charge is 2.05. The lowest BCUT2D eigenvalue weighted by Crippen LogP contribution is -1.91. The van der Waals surface area contributed by atoms with Crippen LogP contribution in [0.1, 0.15) is 17.5 Å². The molecule has 0 spiro atoms. The predicted octanol–water partition coefficient (Wildman–Crippen LogP) is 3.34. The Kier molecular flexibility index (Phi) is 3.10. The number of hydrogen-bond donors (Lipinski definition) is 2. The first kappa shape index (κ1) is 11.0. The minimum absolute atomic E-state index is 0.773. The number of rotatable bonds is 3. The molecule has 0 aliphatic heterocycles. The van der Waals surface area contributed by atoms with Gasteiger partial charge in [-0.05, 0) is 37.6 Å². The van der Waals surface area contributed by atoms with E-state index in [1.54, 1.807) is 11.3 Å². The number of benzene rings is 1. The summed E-state index contributed by atoms with van der Waals surface area (Å²) < 4.78 is 0. The second kappa shape index (κ2) is 4.53. The van der Waals surface area contributed by atoms with E-state index in [-0.39, 0.29) is 0 Å². The van der Waals surface area contributed by atoms with E-state index in [9.17, 15) is 0 Å². The topological polar surface area (TPSA) is 50.9 Å². The van der Waals surface area contributed by atoms with Crippen molar-refractivity contribution in [1.29, 1.82) is 0 Å². The molecule has 0 amide bonds. The Morgan fingerprint density at radius 2 is 2.00 bits per heavy atom. The molecule has 0 saturated heterocycles. The minimum Gasteiger partial charge on any atom is -0.399 e. The van der Waals surface area contributed by atoms with E-state index >= 15 is 0 Å². The minimum atomic E-state index is 0.773. The van der Waals surface area contributed by atoms with Gasteiger partial charge in [-0.25, -0.2) is 4.98 Å². The van der Waals surface area contributed by atoms with Crippen LogP contribution in [0.2, 0.25) is 0 Å². The fourth-order valence-electron chi connectivity index (χ4n) is 1.50. The molecule has 0 aliphatic carbocycles. The summed E-state index contributed by atoms with van der Waals surface area (Å²) in [4.78, 5) is 5.80. The average Bonchev–Trinajstić information content (AvgIpc) is 2.62. The van der Waals surface area contributed by atoms with E-state index in [1.165, 1.54) is 10.6 Å². The first-order valence-corrected chi connectivity index (χ1v) is 6.09. The largest absolute Gasteiger partial charge is 0.399 e. The molecule has 0 radical (unpaired) electrons. The molecule has 4 heteroatoms. The molecule has 1 aromatic carbocycles. The summed E-state index contributed by atoms with van der Waals surface area (Å²) in [5.74, 6) is 0. The summed E-state index contributed by atoms with van der Waals surface area (Å²) >= 11 is 1.68. The van der Waals surface area contributed by atoms with Crippen molar-refractivity contribution in [1.82, 2.24) is 4.98 Å². The van der Waals surface area contributed by atoms with Gasteiger partial charge in [-0.15, -0.1) is 11.3 Å². The molecule has 84 valence electrons. The number of nitrogens with one attached hydrogen (secondary N) is 1. The monoisotopic (exact) mass is 233 g/mol. The molecule has 0 fully saturated rings. The fraction of sp³-hybridized carbons (Fsp3) is 0.250. The van der Waals surface area contributed by atoms with Crippen LogP contribution in [0.3, 0.4) is 0 Å². The Morgan fingerprint density at radius 3 is 2.56 bits per heavy atom. The highest BCUT2D eigenvalue weighted by atomic mass is 32.1. The lowest BCUT2D eigenvalue weighted by Gasteiger charge is -2.02. The number of nitrogens with zero attached hydrogens (tertiary/aromatic N) is 1. The normalized spacial score (nSPS) is 10.4. The maximum absolute atomic E-state index is 5.63. The first-order valence-electron chi connectivity index (χ1n) is 5.28. The molecule has 3 nitrogen and oxygen atoms in total. The Morgan fingerprint density at radius 1 is 1.31 bits per heavy atom. The SMILES string of the molecule is CCc1nc(Nc2ccc(N)cc2)sc1C. The molecule has 3 N–H and O–H groups in total. The fourth-order valence-corrected chi connectivity index (χ4v) is 2.42. The van der Waals surface area contributed by atoms with Crippen molar-refractivity contribution in [3.05, 3.63) is 34.8 Å². The second-order valence-corrected chi connectivity index (χ2v) is 4.83. The van der Waals surface area contributed by atoms with Crippen LogP contribution in [0.5, 0.6) is 0 Å². The summed E-state index contributed by atoms with van der Waals surface area (Å²) in [5, 5.41) is 4.22. The molecule has 0 atom stereocenters. The number of aromatic nitrogens is 1. The summed E-state index contributed by atoms with van der Waals surface area (Å²) in [5.41, 5.74) is 8.59. The first-order chi connectivity index (χ1) is 7.69. The number of hydrogen-bond acceptors (Lipinski definition) is 4. The second-order valence-electron chi connectivity index (χ2n) is 3.62. The molecule has 1 heterocycles. The van der Waals surface area contributed by atoms with Crippen molar-refractivity contribution in [3.63, 3.8) is 0 Å². The van der Waals surface area contributed by atoms with Gasteiger partial charge in [-0.1, -0.05) is 6.92 Å². The van der Waals surface area contributed by atoms with E-state index in [2.05, 4.69) is 24.1 Å². The maximum atomic E-state index is 5.63. The van der Waals surface area contributed by atoms with Crippen molar-refractivity contribution in [2.75, 3.05) is 11.1 Å². The van der Waals surface area contributed by atoms with Crippen LogP contribution in [-0.4, -0.2) is 4.98 Å². The van der Waals surface area contributed by atoms with Gasteiger partial charge in [-0.3, -0.25) is 0 Å². The van der Waals surface area contributed by atoms with Gasteiger partial charge >= 0.3 is 0 Å². The van der Waals surface area contributed by atoms with E-state index in [1.807, 2.05) is 24.3 Å². The summed E-state index contributed by atoms with van der Waals surface area (Å²) in [6.07, 6.45) is 0.978.